The van der Waals surface area contributed by atoms with E-state index in [1.807, 2.05) is 18.2 Å². The lowest BCUT2D eigenvalue weighted by molar-refractivity contribution is -0.124. The molecule has 0 aliphatic heterocycles. The van der Waals surface area contributed by atoms with Gasteiger partial charge in [0, 0.05) is 6.54 Å². The third kappa shape index (κ3) is 5.15. The van der Waals surface area contributed by atoms with E-state index in [1.165, 1.54) is 5.56 Å². The van der Waals surface area contributed by atoms with Crippen molar-refractivity contribution in [3.8, 4) is 0 Å². The molecule has 0 aliphatic carbocycles. The molecule has 0 aliphatic rings. The number of benzene rings is 1. The average molecular weight is 234 g/mol. The van der Waals surface area contributed by atoms with Gasteiger partial charge in [0.15, 0.2) is 0 Å². The van der Waals surface area contributed by atoms with Gasteiger partial charge >= 0.3 is 0 Å². The minimum atomic E-state index is -0.468. The van der Waals surface area contributed by atoms with E-state index in [0.717, 1.165) is 12.8 Å². The molecule has 0 saturated carbocycles. The number of rotatable bonds is 7. The highest BCUT2D eigenvalue weighted by Crippen LogP contribution is 2.01. The Morgan fingerprint density at radius 3 is 2.71 bits per heavy atom. The highest BCUT2D eigenvalue weighted by atomic mass is 16.2. The Balaban J connectivity index is 2.16. The maximum absolute atomic E-state index is 11.4. The van der Waals surface area contributed by atoms with E-state index in [1.54, 1.807) is 6.92 Å². The lowest BCUT2D eigenvalue weighted by Crippen LogP contribution is -2.41. The molecule has 1 rings (SSSR count). The number of hydrogen-bond donors (Lipinski definition) is 2. The van der Waals surface area contributed by atoms with Crippen LogP contribution in [0.25, 0.3) is 0 Å². The van der Waals surface area contributed by atoms with Crippen LogP contribution in [0.15, 0.2) is 30.3 Å². The highest BCUT2D eigenvalue weighted by molar-refractivity contribution is 5.83. The molecule has 0 heterocycles. The summed E-state index contributed by atoms with van der Waals surface area (Å²) in [4.78, 5) is 21.6. The largest absolute Gasteiger partial charge is 0.354 e. The van der Waals surface area contributed by atoms with Crippen LogP contribution >= 0.6 is 0 Å². The van der Waals surface area contributed by atoms with E-state index in [2.05, 4.69) is 22.8 Å². The Labute approximate surface area is 101 Å². The molecule has 1 aromatic rings. The number of hydrogen-bond acceptors (Lipinski definition) is 2. The molecule has 0 fully saturated rings. The molecule has 0 bridgehead atoms. The lowest BCUT2D eigenvalue weighted by atomic mass is 10.1. The fraction of sp³-hybridized carbons (Fsp3) is 0.385. The standard InChI is InChI=1S/C13H18N2O2/c1-11(15-10-16)13(17)14-9-5-8-12-6-3-2-4-7-12/h2-4,6-7,10-11H,5,8-9H2,1H3,(H,14,17)(H,15,16)/t11-/m1/s1. The molecule has 1 atom stereocenters. The van der Waals surface area contributed by atoms with Gasteiger partial charge in [0.1, 0.15) is 6.04 Å². The second-order valence-electron chi connectivity index (χ2n) is 3.89. The van der Waals surface area contributed by atoms with Crippen molar-refractivity contribution in [3.05, 3.63) is 35.9 Å². The van der Waals surface area contributed by atoms with Gasteiger partial charge in [0.05, 0.1) is 0 Å². The molecule has 92 valence electrons. The Morgan fingerprint density at radius 2 is 2.06 bits per heavy atom. The first-order valence-electron chi connectivity index (χ1n) is 5.75. The lowest BCUT2D eigenvalue weighted by Gasteiger charge is -2.10. The fourth-order valence-corrected chi connectivity index (χ4v) is 1.48. The van der Waals surface area contributed by atoms with Gasteiger partial charge in [-0.05, 0) is 25.3 Å². The summed E-state index contributed by atoms with van der Waals surface area (Å²) in [6.45, 7) is 2.28. The molecule has 0 spiro atoms. The van der Waals surface area contributed by atoms with E-state index in [4.69, 9.17) is 0 Å². The van der Waals surface area contributed by atoms with Gasteiger partial charge in [0.25, 0.3) is 0 Å². The SMILES string of the molecule is C[C@@H](NC=O)C(=O)NCCCc1ccccc1. The smallest absolute Gasteiger partial charge is 0.242 e. The third-order valence-corrected chi connectivity index (χ3v) is 2.50. The zero-order valence-corrected chi connectivity index (χ0v) is 9.98. The van der Waals surface area contributed by atoms with Crippen LogP contribution in [0.5, 0.6) is 0 Å². The first kappa shape index (κ1) is 13.2. The van der Waals surface area contributed by atoms with Crippen molar-refractivity contribution in [2.45, 2.75) is 25.8 Å². The molecule has 2 amide bonds. The third-order valence-electron chi connectivity index (χ3n) is 2.50. The van der Waals surface area contributed by atoms with Crippen LogP contribution in [0.4, 0.5) is 0 Å². The topological polar surface area (TPSA) is 58.2 Å². The predicted octanol–water partition coefficient (Wildman–Crippen LogP) is 0.870. The van der Waals surface area contributed by atoms with Crippen molar-refractivity contribution in [1.82, 2.24) is 10.6 Å². The van der Waals surface area contributed by atoms with Crippen LogP contribution < -0.4 is 10.6 Å². The van der Waals surface area contributed by atoms with Gasteiger partial charge in [-0.15, -0.1) is 0 Å². The van der Waals surface area contributed by atoms with Gasteiger partial charge < -0.3 is 10.6 Å². The molecular weight excluding hydrogens is 216 g/mol. The van der Waals surface area contributed by atoms with Crippen LogP contribution in [0.2, 0.25) is 0 Å². The highest BCUT2D eigenvalue weighted by Gasteiger charge is 2.09. The second kappa shape index (κ2) is 7.44. The quantitative estimate of drug-likeness (QED) is 0.543. The monoisotopic (exact) mass is 234 g/mol. The van der Waals surface area contributed by atoms with E-state index >= 15 is 0 Å². The molecule has 2 N–H and O–H groups in total. The van der Waals surface area contributed by atoms with Crippen molar-refractivity contribution < 1.29 is 9.59 Å². The molecule has 1 aromatic carbocycles. The zero-order chi connectivity index (χ0) is 12.5. The Kier molecular flexibility index (Phi) is 5.79. The molecule has 17 heavy (non-hydrogen) atoms. The minimum absolute atomic E-state index is 0.148. The Morgan fingerprint density at radius 1 is 1.35 bits per heavy atom. The summed E-state index contributed by atoms with van der Waals surface area (Å²) < 4.78 is 0. The van der Waals surface area contributed by atoms with Gasteiger partial charge in [-0.3, -0.25) is 9.59 Å². The van der Waals surface area contributed by atoms with Crippen molar-refractivity contribution in [2.75, 3.05) is 6.54 Å². The summed E-state index contributed by atoms with van der Waals surface area (Å²) in [7, 11) is 0. The molecule has 0 aromatic heterocycles. The maximum atomic E-state index is 11.4. The Hall–Kier alpha value is -1.84. The van der Waals surface area contributed by atoms with Crippen LogP contribution in [-0.2, 0) is 16.0 Å². The number of carbonyl (C=O) groups is 2. The first-order valence-corrected chi connectivity index (χ1v) is 5.75. The first-order chi connectivity index (χ1) is 8.24. The summed E-state index contributed by atoms with van der Waals surface area (Å²) in [6.07, 6.45) is 2.37. The predicted molar refractivity (Wildman–Crippen MR) is 66.4 cm³/mol. The molecule has 4 nitrogen and oxygen atoms in total. The fourth-order valence-electron chi connectivity index (χ4n) is 1.48. The number of nitrogens with one attached hydrogen (secondary N) is 2. The number of amides is 2. The van der Waals surface area contributed by atoms with Crippen LogP contribution in [-0.4, -0.2) is 24.9 Å². The van der Waals surface area contributed by atoms with E-state index in [9.17, 15) is 9.59 Å². The maximum Gasteiger partial charge on any atom is 0.242 e. The Bertz CT molecular complexity index is 352. The number of aryl methyl sites for hydroxylation is 1. The van der Waals surface area contributed by atoms with Gasteiger partial charge in [-0.25, -0.2) is 0 Å². The summed E-state index contributed by atoms with van der Waals surface area (Å²) in [5, 5.41) is 5.19. The van der Waals surface area contributed by atoms with Crippen LogP contribution in [0.3, 0.4) is 0 Å². The normalized spacial score (nSPS) is 11.6. The minimum Gasteiger partial charge on any atom is -0.354 e. The van der Waals surface area contributed by atoms with Gasteiger partial charge in [-0.2, -0.15) is 0 Å². The van der Waals surface area contributed by atoms with E-state index in [0.29, 0.717) is 13.0 Å². The summed E-state index contributed by atoms with van der Waals surface area (Å²) in [5.74, 6) is -0.148. The number of carbonyl (C=O) groups excluding carboxylic acids is 2. The van der Waals surface area contributed by atoms with Gasteiger partial charge in [0.2, 0.25) is 12.3 Å². The molecule has 0 saturated heterocycles. The van der Waals surface area contributed by atoms with E-state index in [-0.39, 0.29) is 5.91 Å². The van der Waals surface area contributed by atoms with Crippen LogP contribution in [0, 0.1) is 0 Å². The average Bonchev–Trinajstić information content (AvgIpc) is 2.36. The zero-order valence-electron chi connectivity index (χ0n) is 9.98. The van der Waals surface area contributed by atoms with Crippen molar-refractivity contribution in [3.63, 3.8) is 0 Å². The summed E-state index contributed by atoms with van der Waals surface area (Å²) >= 11 is 0. The van der Waals surface area contributed by atoms with Gasteiger partial charge in [-0.1, -0.05) is 30.3 Å². The molecule has 4 heteroatoms. The van der Waals surface area contributed by atoms with Crippen molar-refractivity contribution in [1.29, 1.82) is 0 Å². The molecule has 0 radical (unpaired) electrons. The summed E-state index contributed by atoms with van der Waals surface area (Å²) in [5.41, 5.74) is 1.26. The van der Waals surface area contributed by atoms with E-state index < -0.39 is 6.04 Å². The second-order valence-corrected chi connectivity index (χ2v) is 3.89. The molecular formula is C13H18N2O2. The van der Waals surface area contributed by atoms with Crippen molar-refractivity contribution in [2.24, 2.45) is 0 Å². The molecule has 0 unspecified atom stereocenters. The van der Waals surface area contributed by atoms with Crippen LogP contribution in [0.1, 0.15) is 18.9 Å². The summed E-state index contributed by atoms with van der Waals surface area (Å²) in [6, 6.07) is 9.66. The van der Waals surface area contributed by atoms with Crippen molar-refractivity contribution >= 4 is 12.3 Å².